The molecule has 0 aliphatic heterocycles. The smallest absolute Gasteiger partial charge is 0.306 e. The molecule has 1 rings (SSSR count). The van der Waals surface area contributed by atoms with E-state index in [9.17, 15) is 13.2 Å². The van der Waals surface area contributed by atoms with Gasteiger partial charge in [-0.05, 0) is 18.2 Å². The molecule has 0 saturated carbocycles. The largest absolute Gasteiger partial charge is 0.469 e. The van der Waals surface area contributed by atoms with Crippen molar-refractivity contribution >= 4 is 21.7 Å². The molecule has 0 aromatic heterocycles. The van der Waals surface area contributed by atoms with Crippen molar-refractivity contribution in [3.8, 4) is 6.07 Å². The number of hydrogen-bond donors (Lipinski definition) is 2. The molecule has 0 aliphatic carbocycles. The van der Waals surface area contributed by atoms with Crippen molar-refractivity contribution < 1.29 is 17.9 Å². The van der Waals surface area contributed by atoms with Crippen molar-refractivity contribution in [3.63, 3.8) is 0 Å². The molecular formula is C11H13N3O4S. The summed E-state index contributed by atoms with van der Waals surface area (Å²) < 4.78 is 30.5. The van der Waals surface area contributed by atoms with Crippen LogP contribution in [0.4, 0.5) is 5.69 Å². The predicted molar refractivity (Wildman–Crippen MR) is 67.4 cm³/mol. The fourth-order valence-corrected chi connectivity index (χ4v) is 2.50. The quantitative estimate of drug-likeness (QED) is 0.578. The molecule has 19 heavy (non-hydrogen) atoms. The highest BCUT2D eigenvalue weighted by atomic mass is 32.2. The Morgan fingerprint density at radius 2 is 2.21 bits per heavy atom. The van der Waals surface area contributed by atoms with Crippen molar-refractivity contribution in [2.24, 2.45) is 0 Å². The molecule has 0 amide bonds. The maximum atomic E-state index is 11.9. The number of methoxy groups -OCH3 is 1. The van der Waals surface area contributed by atoms with Crippen LogP contribution in [0.2, 0.25) is 0 Å². The summed E-state index contributed by atoms with van der Waals surface area (Å²) in [6.45, 7) is -0.107. The summed E-state index contributed by atoms with van der Waals surface area (Å²) in [5.74, 6) is -0.527. The second-order valence-electron chi connectivity index (χ2n) is 3.59. The van der Waals surface area contributed by atoms with Gasteiger partial charge in [-0.2, -0.15) is 5.26 Å². The molecular weight excluding hydrogens is 270 g/mol. The fraction of sp³-hybridized carbons (Fsp3) is 0.273. The number of sulfonamides is 1. The van der Waals surface area contributed by atoms with Crippen molar-refractivity contribution in [2.45, 2.75) is 11.3 Å². The molecule has 0 saturated heterocycles. The molecule has 1 aromatic rings. The number of carbonyl (C=O) groups is 1. The first-order valence-corrected chi connectivity index (χ1v) is 6.75. The topological polar surface area (TPSA) is 122 Å². The maximum absolute atomic E-state index is 11.9. The van der Waals surface area contributed by atoms with Gasteiger partial charge in [0.25, 0.3) is 0 Å². The van der Waals surface area contributed by atoms with E-state index in [0.29, 0.717) is 5.69 Å². The van der Waals surface area contributed by atoms with E-state index < -0.39 is 16.0 Å². The molecule has 0 atom stereocenters. The number of nitrogens with two attached hydrogens (primary N) is 1. The second kappa shape index (κ2) is 6.17. The first-order valence-electron chi connectivity index (χ1n) is 5.27. The van der Waals surface area contributed by atoms with Gasteiger partial charge in [0.15, 0.2) is 0 Å². The summed E-state index contributed by atoms with van der Waals surface area (Å²) in [6, 6.07) is 5.66. The van der Waals surface area contributed by atoms with E-state index in [1.165, 1.54) is 25.3 Å². The van der Waals surface area contributed by atoms with E-state index in [4.69, 9.17) is 11.0 Å². The molecule has 0 unspecified atom stereocenters. The first-order chi connectivity index (χ1) is 8.90. The third kappa shape index (κ3) is 3.94. The molecule has 1 aromatic carbocycles. The Morgan fingerprint density at radius 1 is 1.53 bits per heavy atom. The number of hydrogen-bond acceptors (Lipinski definition) is 6. The molecule has 0 bridgehead atoms. The number of ether oxygens (including phenoxy) is 1. The van der Waals surface area contributed by atoms with Gasteiger partial charge in [-0.25, -0.2) is 13.1 Å². The van der Waals surface area contributed by atoms with E-state index in [1.807, 2.05) is 0 Å². The van der Waals surface area contributed by atoms with Crippen LogP contribution in [0.3, 0.4) is 0 Å². The molecule has 0 fully saturated rings. The zero-order valence-corrected chi connectivity index (χ0v) is 11.0. The number of nitriles is 1. The number of nitrogens with one attached hydrogen (secondary N) is 1. The van der Waals surface area contributed by atoms with Crippen LogP contribution in [0.1, 0.15) is 12.0 Å². The van der Waals surface area contributed by atoms with Crippen LogP contribution in [-0.4, -0.2) is 28.0 Å². The lowest BCUT2D eigenvalue weighted by Crippen LogP contribution is -2.27. The van der Waals surface area contributed by atoms with Crippen LogP contribution in [0.15, 0.2) is 23.1 Å². The maximum Gasteiger partial charge on any atom is 0.306 e. The minimum absolute atomic E-state index is 0.0504. The average Bonchev–Trinajstić information content (AvgIpc) is 2.37. The highest BCUT2D eigenvalue weighted by Gasteiger charge is 2.18. The SMILES string of the molecule is COC(=O)CCNS(=O)(=O)c1ccc(N)cc1C#N. The zero-order chi connectivity index (χ0) is 14.5. The third-order valence-corrected chi connectivity index (χ3v) is 3.78. The molecule has 8 heteroatoms. The van der Waals surface area contributed by atoms with Crippen molar-refractivity contribution in [2.75, 3.05) is 19.4 Å². The van der Waals surface area contributed by atoms with Gasteiger partial charge in [-0.15, -0.1) is 0 Å². The number of benzene rings is 1. The number of nitrogen functional groups attached to an aromatic ring is 1. The lowest BCUT2D eigenvalue weighted by atomic mass is 10.2. The van der Waals surface area contributed by atoms with Crippen LogP contribution in [0.25, 0.3) is 0 Å². The van der Waals surface area contributed by atoms with E-state index in [1.54, 1.807) is 6.07 Å². The number of esters is 1. The molecule has 0 radical (unpaired) electrons. The van der Waals surface area contributed by atoms with Gasteiger partial charge in [0.1, 0.15) is 6.07 Å². The molecule has 0 aliphatic rings. The summed E-state index contributed by atoms with van der Waals surface area (Å²) >= 11 is 0. The Kier molecular flexibility index (Phi) is 4.86. The fourth-order valence-electron chi connectivity index (χ4n) is 1.34. The van der Waals surface area contributed by atoms with Crippen molar-refractivity contribution in [1.29, 1.82) is 5.26 Å². The van der Waals surface area contributed by atoms with Crippen LogP contribution < -0.4 is 10.5 Å². The van der Waals surface area contributed by atoms with E-state index in [0.717, 1.165) is 0 Å². The number of rotatable bonds is 5. The Labute approximate surface area is 111 Å². The summed E-state index contributed by atoms with van der Waals surface area (Å²) in [7, 11) is -2.65. The summed E-state index contributed by atoms with van der Waals surface area (Å²) in [5.41, 5.74) is 5.72. The lowest BCUT2D eigenvalue weighted by Gasteiger charge is -2.08. The number of carbonyl (C=O) groups excluding carboxylic acids is 1. The average molecular weight is 283 g/mol. The Balaban J connectivity index is 2.89. The van der Waals surface area contributed by atoms with E-state index >= 15 is 0 Å². The van der Waals surface area contributed by atoms with Crippen molar-refractivity contribution in [3.05, 3.63) is 23.8 Å². The van der Waals surface area contributed by atoms with Gasteiger partial charge in [-0.3, -0.25) is 4.79 Å². The number of anilines is 1. The van der Waals surface area contributed by atoms with E-state index in [2.05, 4.69) is 9.46 Å². The zero-order valence-electron chi connectivity index (χ0n) is 10.2. The molecule has 3 N–H and O–H groups in total. The highest BCUT2D eigenvalue weighted by Crippen LogP contribution is 2.17. The van der Waals surface area contributed by atoms with Crippen LogP contribution in [-0.2, 0) is 19.6 Å². The Bertz CT molecular complexity index is 619. The predicted octanol–water partition coefficient (Wildman–Crippen LogP) is -0.0181. The summed E-state index contributed by atoms with van der Waals surface area (Å²) in [5, 5.41) is 8.89. The number of nitrogens with zero attached hydrogens (tertiary/aromatic N) is 1. The Morgan fingerprint density at radius 3 is 2.79 bits per heavy atom. The minimum atomic E-state index is -3.86. The minimum Gasteiger partial charge on any atom is -0.469 e. The Hall–Kier alpha value is -2.11. The molecule has 7 nitrogen and oxygen atoms in total. The van der Waals surface area contributed by atoms with Gasteiger partial charge in [0, 0.05) is 12.2 Å². The van der Waals surface area contributed by atoms with Crippen LogP contribution in [0.5, 0.6) is 0 Å². The van der Waals surface area contributed by atoms with Gasteiger partial charge in [0.05, 0.1) is 24.0 Å². The van der Waals surface area contributed by atoms with Gasteiger partial charge < -0.3 is 10.5 Å². The van der Waals surface area contributed by atoms with Gasteiger partial charge in [0.2, 0.25) is 10.0 Å². The normalized spacial score (nSPS) is 10.7. The van der Waals surface area contributed by atoms with Crippen LogP contribution >= 0.6 is 0 Å². The summed E-state index contributed by atoms with van der Waals surface area (Å²) in [6.07, 6.45) is -0.0907. The van der Waals surface area contributed by atoms with Crippen LogP contribution in [0, 0.1) is 11.3 Å². The van der Waals surface area contributed by atoms with Crippen molar-refractivity contribution in [1.82, 2.24) is 4.72 Å². The monoisotopic (exact) mass is 283 g/mol. The summed E-state index contributed by atoms with van der Waals surface area (Å²) in [4.78, 5) is 10.7. The third-order valence-electron chi connectivity index (χ3n) is 2.26. The van der Waals surface area contributed by atoms with Gasteiger partial charge >= 0.3 is 5.97 Å². The first kappa shape index (κ1) is 14.9. The molecule has 102 valence electrons. The lowest BCUT2D eigenvalue weighted by molar-refractivity contribution is -0.140. The second-order valence-corrected chi connectivity index (χ2v) is 5.33. The highest BCUT2D eigenvalue weighted by molar-refractivity contribution is 7.89. The standard InChI is InChI=1S/C11H13N3O4S/c1-18-11(15)4-5-14-19(16,17)10-3-2-9(13)6-8(10)7-12/h2-3,6,14H,4-5,13H2,1H3. The van der Waals surface area contributed by atoms with Gasteiger partial charge in [-0.1, -0.05) is 0 Å². The molecule has 0 heterocycles. The molecule has 0 spiro atoms. The van der Waals surface area contributed by atoms with E-state index in [-0.39, 0.29) is 23.4 Å².